The van der Waals surface area contributed by atoms with Crippen molar-refractivity contribution in [2.75, 3.05) is 7.05 Å². The van der Waals surface area contributed by atoms with Gasteiger partial charge in [-0.05, 0) is 13.0 Å². The molecule has 0 N–H and O–H groups in total. The Morgan fingerprint density at radius 1 is 1.20 bits per heavy atom. The minimum atomic E-state index is 0.569. The molecule has 0 aliphatic rings. The van der Waals surface area contributed by atoms with Gasteiger partial charge in [0.1, 0.15) is 5.76 Å². The lowest BCUT2D eigenvalue weighted by Crippen LogP contribution is -2.17. The molecule has 0 atom stereocenters. The molecule has 0 aliphatic heterocycles. The third kappa shape index (κ3) is 4.16. The smallest absolute Gasteiger partial charge is 0.230 e. The van der Waals surface area contributed by atoms with Crippen LogP contribution < -0.4 is 0 Å². The molecular weight excluding hydrogens is 256 g/mol. The number of hydrogen-bond acceptors (Lipinski definition) is 6. The number of hydrogen-bond donors (Lipinski definition) is 0. The molecule has 2 heterocycles. The van der Waals surface area contributed by atoms with Crippen molar-refractivity contribution in [1.29, 1.82) is 0 Å². The van der Waals surface area contributed by atoms with Crippen LogP contribution in [0.25, 0.3) is 0 Å². The van der Waals surface area contributed by atoms with E-state index in [1.807, 2.05) is 20.0 Å². The Bertz CT molecular complexity index is 533. The highest BCUT2D eigenvalue weighted by molar-refractivity contribution is 5.05. The van der Waals surface area contributed by atoms with Crippen LogP contribution in [0, 0.1) is 5.92 Å². The third-order valence-electron chi connectivity index (χ3n) is 2.87. The summed E-state index contributed by atoms with van der Waals surface area (Å²) in [6, 6.07) is 2.02. The summed E-state index contributed by atoms with van der Waals surface area (Å²) in [6.45, 7) is 7.63. The molecule has 0 fully saturated rings. The number of nitrogens with zero attached hydrogens (tertiary/aromatic N) is 4. The van der Waals surface area contributed by atoms with Crippen molar-refractivity contribution >= 4 is 0 Å². The van der Waals surface area contributed by atoms with Gasteiger partial charge in [0.25, 0.3) is 0 Å². The molecule has 2 rings (SSSR count). The fraction of sp³-hybridized carbons (Fsp3) is 0.643. The van der Waals surface area contributed by atoms with Crippen LogP contribution in [0.1, 0.15) is 44.0 Å². The van der Waals surface area contributed by atoms with Crippen molar-refractivity contribution in [1.82, 2.24) is 20.3 Å². The molecule has 2 aromatic rings. The summed E-state index contributed by atoms with van der Waals surface area (Å²) >= 11 is 0. The predicted octanol–water partition coefficient (Wildman–Crippen LogP) is 2.45. The van der Waals surface area contributed by atoms with Crippen molar-refractivity contribution < 1.29 is 8.94 Å². The van der Waals surface area contributed by atoms with Crippen LogP contribution in [0.15, 0.2) is 15.0 Å². The normalized spacial score (nSPS) is 11.7. The predicted molar refractivity (Wildman–Crippen MR) is 73.9 cm³/mol. The molecule has 6 nitrogen and oxygen atoms in total. The van der Waals surface area contributed by atoms with Gasteiger partial charge >= 0.3 is 0 Å². The van der Waals surface area contributed by atoms with E-state index in [1.54, 1.807) is 0 Å². The molecule has 0 bridgehead atoms. The Morgan fingerprint density at radius 3 is 2.60 bits per heavy atom. The van der Waals surface area contributed by atoms with Crippen LogP contribution in [-0.2, 0) is 25.9 Å². The molecule has 110 valence electrons. The second-order valence-electron chi connectivity index (χ2n) is 5.50. The second-order valence-corrected chi connectivity index (χ2v) is 5.50. The SMILES string of the molecule is CCc1nnc(CN(C)Cc2cc(CC(C)C)on2)o1. The van der Waals surface area contributed by atoms with E-state index in [2.05, 4.69) is 34.1 Å². The zero-order valence-electron chi connectivity index (χ0n) is 12.6. The Kier molecular flexibility index (Phi) is 4.89. The van der Waals surface area contributed by atoms with Crippen molar-refractivity contribution in [2.24, 2.45) is 5.92 Å². The molecule has 6 heteroatoms. The first-order valence-corrected chi connectivity index (χ1v) is 7.01. The van der Waals surface area contributed by atoms with Gasteiger partial charge in [0.05, 0.1) is 12.2 Å². The van der Waals surface area contributed by atoms with Crippen LogP contribution in [0.5, 0.6) is 0 Å². The molecule has 0 aromatic carbocycles. The second kappa shape index (κ2) is 6.65. The van der Waals surface area contributed by atoms with E-state index in [4.69, 9.17) is 8.94 Å². The van der Waals surface area contributed by atoms with Crippen LogP contribution in [0.3, 0.4) is 0 Å². The van der Waals surface area contributed by atoms with Gasteiger partial charge in [-0.15, -0.1) is 10.2 Å². The van der Waals surface area contributed by atoms with Gasteiger partial charge in [-0.25, -0.2) is 0 Å². The van der Waals surface area contributed by atoms with Crippen molar-refractivity contribution in [3.05, 3.63) is 29.3 Å². The van der Waals surface area contributed by atoms with E-state index in [-0.39, 0.29) is 0 Å². The van der Waals surface area contributed by atoms with Gasteiger partial charge in [0.15, 0.2) is 0 Å². The Hall–Kier alpha value is -1.69. The van der Waals surface area contributed by atoms with E-state index in [1.165, 1.54) is 0 Å². The highest BCUT2D eigenvalue weighted by Gasteiger charge is 2.11. The third-order valence-corrected chi connectivity index (χ3v) is 2.87. The van der Waals surface area contributed by atoms with Crippen molar-refractivity contribution in [2.45, 2.75) is 46.7 Å². The van der Waals surface area contributed by atoms with Crippen LogP contribution >= 0.6 is 0 Å². The summed E-state index contributed by atoms with van der Waals surface area (Å²) in [5, 5.41) is 12.1. The van der Waals surface area contributed by atoms with Gasteiger partial charge < -0.3 is 8.94 Å². The van der Waals surface area contributed by atoms with Gasteiger partial charge in [-0.3, -0.25) is 4.90 Å². The maximum atomic E-state index is 5.49. The molecule has 0 spiro atoms. The van der Waals surface area contributed by atoms with Gasteiger partial charge in [-0.1, -0.05) is 25.9 Å². The molecule has 2 aromatic heterocycles. The first kappa shape index (κ1) is 14.7. The number of rotatable bonds is 7. The van der Waals surface area contributed by atoms with Crippen LogP contribution in [-0.4, -0.2) is 27.3 Å². The Labute approximate surface area is 119 Å². The lowest BCUT2D eigenvalue weighted by Gasteiger charge is -2.11. The summed E-state index contributed by atoms with van der Waals surface area (Å²) < 4.78 is 10.8. The summed E-state index contributed by atoms with van der Waals surface area (Å²) in [6.07, 6.45) is 1.68. The fourth-order valence-corrected chi connectivity index (χ4v) is 1.99. The number of aromatic nitrogens is 3. The molecule has 0 saturated heterocycles. The monoisotopic (exact) mass is 278 g/mol. The zero-order valence-corrected chi connectivity index (χ0v) is 12.6. The van der Waals surface area contributed by atoms with E-state index in [0.29, 0.717) is 30.8 Å². The maximum Gasteiger partial charge on any atom is 0.230 e. The maximum absolute atomic E-state index is 5.49. The highest BCUT2D eigenvalue weighted by Crippen LogP contribution is 2.12. The van der Waals surface area contributed by atoms with Gasteiger partial charge in [0.2, 0.25) is 11.8 Å². The van der Waals surface area contributed by atoms with Crippen molar-refractivity contribution in [3.8, 4) is 0 Å². The van der Waals surface area contributed by atoms with E-state index in [9.17, 15) is 0 Å². The van der Waals surface area contributed by atoms with Crippen LogP contribution in [0.4, 0.5) is 0 Å². The standard InChI is InChI=1S/C14H22N4O2/c1-5-13-15-16-14(19-13)9-18(4)8-11-7-12(20-17-11)6-10(2)3/h7,10H,5-6,8-9H2,1-4H3. The first-order valence-electron chi connectivity index (χ1n) is 7.01. The molecule has 0 amide bonds. The molecule has 20 heavy (non-hydrogen) atoms. The van der Waals surface area contributed by atoms with E-state index < -0.39 is 0 Å². The lowest BCUT2D eigenvalue weighted by molar-refractivity contribution is 0.267. The Balaban J connectivity index is 1.87. The average molecular weight is 278 g/mol. The first-order chi connectivity index (χ1) is 9.56. The van der Waals surface area contributed by atoms with Gasteiger partial charge in [-0.2, -0.15) is 0 Å². The summed E-state index contributed by atoms with van der Waals surface area (Å²) in [5.74, 6) is 2.82. The minimum absolute atomic E-state index is 0.569. The van der Waals surface area contributed by atoms with Crippen molar-refractivity contribution in [3.63, 3.8) is 0 Å². The average Bonchev–Trinajstić information content (AvgIpc) is 2.98. The minimum Gasteiger partial charge on any atom is -0.424 e. The molecule has 0 saturated carbocycles. The molecule has 0 unspecified atom stereocenters. The summed E-state index contributed by atoms with van der Waals surface area (Å²) in [7, 11) is 1.99. The van der Waals surface area contributed by atoms with E-state index in [0.717, 1.165) is 24.3 Å². The van der Waals surface area contributed by atoms with Gasteiger partial charge in [0, 0.05) is 25.5 Å². The zero-order chi connectivity index (χ0) is 14.5. The summed E-state index contributed by atoms with van der Waals surface area (Å²) in [5.41, 5.74) is 0.929. The fourth-order valence-electron chi connectivity index (χ4n) is 1.99. The molecule has 0 aliphatic carbocycles. The largest absolute Gasteiger partial charge is 0.424 e. The topological polar surface area (TPSA) is 68.2 Å². The molecular formula is C14H22N4O2. The lowest BCUT2D eigenvalue weighted by atomic mass is 10.1. The molecule has 0 radical (unpaired) electrons. The quantitative estimate of drug-likeness (QED) is 0.775. The highest BCUT2D eigenvalue weighted by atomic mass is 16.5. The summed E-state index contributed by atoms with van der Waals surface area (Å²) in [4.78, 5) is 2.07. The van der Waals surface area contributed by atoms with Crippen LogP contribution in [0.2, 0.25) is 0 Å². The Morgan fingerprint density at radius 2 is 1.95 bits per heavy atom. The van der Waals surface area contributed by atoms with E-state index >= 15 is 0 Å². The number of aryl methyl sites for hydroxylation is 1.